The number of guanidine groups is 1. The molecule has 4 nitrogen and oxygen atoms in total. The van der Waals surface area contributed by atoms with Crippen LogP contribution in [-0.4, -0.2) is 61.6 Å². The van der Waals surface area contributed by atoms with Crippen molar-refractivity contribution in [1.82, 2.24) is 15.1 Å². The Morgan fingerprint density at radius 1 is 1.28 bits per heavy atom. The molecule has 2 fully saturated rings. The number of rotatable bonds is 4. The number of hydrogen-bond acceptors (Lipinski definition) is 2. The summed E-state index contributed by atoms with van der Waals surface area (Å²) < 4.78 is 0. The van der Waals surface area contributed by atoms with E-state index in [0.717, 1.165) is 31.6 Å². The molecule has 0 aliphatic carbocycles. The summed E-state index contributed by atoms with van der Waals surface area (Å²) in [6, 6.07) is 9.54. The predicted octanol–water partition coefficient (Wildman–Crippen LogP) is 3.46. The molecule has 5 heteroatoms. The highest BCUT2D eigenvalue weighted by molar-refractivity contribution is 14.0. The monoisotopic (exact) mass is 456 g/mol. The molecule has 0 amide bonds. The van der Waals surface area contributed by atoms with Crippen molar-refractivity contribution in [2.75, 3.05) is 39.8 Å². The highest BCUT2D eigenvalue weighted by Crippen LogP contribution is 2.21. The summed E-state index contributed by atoms with van der Waals surface area (Å²) in [6.45, 7) is 10.2. The molecule has 2 aliphatic rings. The third-order valence-corrected chi connectivity index (χ3v) is 5.51. The van der Waals surface area contributed by atoms with E-state index >= 15 is 0 Å². The lowest BCUT2D eigenvalue weighted by Crippen LogP contribution is -2.43. The van der Waals surface area contributed by atoms with Crippen molar-refractivity contribution < 1.29 is 0 Å². The lowest BCUT2D eigenvalue weighted by atomic mass is 9.99. The van der Waals surface area contributed by atoms with Gasteiger partial charge in [0.2, 0.25) is 0 Å². The molecule has 2 atom stereocenters. The topological polar surface area (TPSA) is 30.9 Å². The lowest BCUT2D eigenvalue weighted by Gasteiger charge is -2.26. The Balaban J connectivity index is 0.00000225. The van der Waals surface area contributed by atoms with Crippen LogP contribution in [-0.2, 0) is 0 Å². The zero-order valence-electron chi connectivity index (χ0n) is 15.9. The minimum Gasteiger partial charge on any atom is -0.356 e. The maximum Gasteiger partial charge on any atom is 0.193 e. The molecule has 0 saturated carbocycles. The molecule has 0 bridgehead atoms. The fourth-order valence-electron chi connectivity index (χ4n) is 4.01. The third-order valence-electron chi connectivity index (χ3n) is 5.51. The van der Waals surface area contributed by atoms with E-state index in [-0.39, 0.29) is 24.0 Å². The van der Waals surface area contributed by atoms with E-state index in [2.05, 4.69) is 58.2 Å². The van der Waals surface area contributed by atoms with Gasteiger partial charge in [-0.15, -0.1) is 24.0 Å². The SMILES string of the molecule is CN=C(NCC(C)c1cccc(C)c1)N1CCC(N2CCCC2)C1.I. The Bertz CT molecular complexity index is 569. The molecule has 2 heterocycles. The zero-order chi connectivity index (χ0) is 16.9. The van der Waals surface area contributed by atoms with E-state index in [9.17, 15) is 0 Å². The molecule has 3 rings (SSSR count). The van der Waals surface area contributed by atoms with Crippen molar-refractivity contribution in [3.05, 3.63) is 35.4 Å². The molecule has 1 aromatic carbocycles. The Morgan fingerprint density at radius 2 is 2.04 bits per heavy atom. The lowest BCUT2D eigenvalue weighted by molar-refractivity contribution is 0.249. The van der Waals surface area contributed by atoms with Gasteiger partial charge in [-0.3, -0.25) is 9.89 Å². The normalized spacial score (nSPS) is 22.8. The molecule has 1 aromatic rings. The average molecular weight is 456 g/mol. The summed E-state index contributed by atoms with van der Waals surface area (Å²) in [4.78, 5) is 9.63. The van der Waals surface area contributed by atoms with Crippen molar-refractivity contribution in [2.45, 2.75) is 45.1 Å². The highest BCUT2D eigenvalue weighted by Gasteiger charge is 2.30. The summed E-state index contributed by atoms with van der Waals surface area (Å²) >= 11 is 0. The summed E-state index contributed by atoms with van der Waals surface area (Å²) in [5, 5.41) is 3.60. The molecule has 140 valence electrons. The molecule has 0 radical (unpaired) electrons. The van der Waals surface area contributed by atoms with Gasteiger partial charge < -0.3 is 10.2 Å². The first kappa shape index (κ1) is 20.5. The first-order valence-electron chi connectivity index (χ1n) is 9.43. The van der Waals surface area contributed by atoms with Crippen LogP contribution < -0.4 is 5.32 Å². The second kappa shape index (κ2) is 9.76. The van der Waals surface area contributed by atoms with Crippen molar-refractivity contribution in [3.8, 4) is 0 Å². The van der Waals surface area contributed by atoms with Gasteiger partial charge in [-0.1, -0.05) is 36.8 Å². The van der Waals surface area contributed by atoms with Gasteiger partial charge in [-0.05, 0) is 50.8 Å². The van der Waals surface area contributed by atoms with Gasteiger partial charge in [0.25, 0.3) is 0 Å². The second-order valence-corrected chi connectivity index (χ2v) is 7.37. The van der Waals surface area contributed by atoms with Crippen LogP contribution in [0, 0.1) is 6.92 Å². The number of aryl methyl sites for hydroxylation is 1. The van der Waals surface area contributed by atoms with Gasteiger partial charge in [0.05, 0.1) is 0 Å². The van der Waals surface area contributed by atoms with Gasteiger partial charge >= 0.3 is 0 Å². The standard InChI is InChI=1S/C20H32N4.HI/c1-16-7-6-8-18(13-16)17(2)14-22-20(21-3)24-12-9-19(15-24)23-10-4-5-11-23;/h6-8,13,17,19H,4-5,9-12,14-15H2,1-3H3,(H,21,22);1H. The Hall–Kier alpha value is -0.820. The zero-order valence-corrected chi connectivity index (χ0v) is 18.2. The summed E-state index contributed by atoms with van der Waals surface area (Å²) in [7, 11) is 1.91. The van der Waals surface area contributed by atoms with E-state index in [1.165, 1.54) is 43.5 Å². The van der Waals surface area contributed by atoms with Gasteiger partial charge in [0.1, 0.15) is 0 Å². The molecule has 0 spiro atoms. The molecule has 0 aromatic heterocycles. The van der Waals surface area contributed by atoms with Gasteiger partial charge in [0, 0.05) is 32.7 Å². The first-order chi connectivity index (χ1) is 11.7. The van der Waals surface area contributed by atoms with Crippen LogP contribution in [0.3, 0.4) is 0 Å². The quantitative estimate of drug-likeness (QED) is 0.428. The smallest absolute Gasteiger partial charge is 0.193 e. The fraction of sp³-hybridized carbons (Fsp3) is 0.650. The van der Waals surface area contributed by atoms with E-state index in [4.69, 9.17) is 0 Å². The number of hydrogen-bond donors (Lipinski definition) is 1. The maximum absolute atomic E-state index is 4.53. The predicted molar refractivity (Wildman–Crippen MR) is 117 cm³/mol. The Kier molecular flexibility index (Phi) is 8.00. The van der Waals surface area contributed by atoms with Crippen LogP contribution >= 0.6 is 24.0 Å². The third kappa shape index (κ3) is 5.33. The molecule has 2 unspecified atom stereocenters. The summed E-state index contributed by atoms with van der Waals surface area (Å²) in [6.07, 6.45) is 4.02. The Morgan fingerprint density at radius 3 is 2.72 bits per heavy atom. The van der Waals surface area contributed by atoms with Crippen molar-refractivity contribution in [3.63, 3.8) is 0 Å². The van der Waals surface area contributed by atoms with E-state index in [1.807, 2.05) is 7.05 Å². The highest BCUT2D eigenvalue weighted by atomic mass is 127. The minimum absolute atomic E-state index is 0. The van der Waals surface area contributed by atoms with Crippen LogP contribution in [0.1, 0.15) is 43.2 Å². The molecule has 1 N–H and O–H groups in total. The largest absolute Gasteiger partial charge is 0.356 e. The molecule has 2 aliphatic heterocycles. The van der Waals surface area contributed by atoms with E-state index < -0.39 is 0 Å². The first-order valence-corrected chi connectivity index (χ1v) is 9.43. The Labute approximate surface area is 170 Å². The van der Waals surface area contributed by atoms with E-state index in [1.54, 1.807) is 0 Å². The second-order valence-electron chi connectivity index (χ2n) is 7.37. The maximum atomic E-state index is 4.53. The number of aliphatic imine (C=N–C) groups is 1. The van der Waals surface area contributed by atoms with Crippen molar-refractivity contribution in [2.24, 2.45) is 4.99 Å². The average Bonchev–Trinajstić information content (AvgIpc) is 3.26. The van der Waals surface area contributed by atoms with Crippen LogP contribution in [0.4, 0.5) is 0 Å². The molecule has 25 heavy (non-hydrogen) atoms. The van der Waals surface area contributed by atoms with Crippen molar-refractivity contribution >= 4 is 29.9 Å². The van der Waals surface area contributed by atoms with Gasteiger partial charge in [0.15, 0.2) is 5.96 Å². The van der Waals surface area contributed by atoms with Gasteiger partial charge in [-0.25, -0.2) is 0 Å². The van der Waals surface area contributed by atoms with Gasteiger partial charge in [-0.2, -0.15) is 0 Å². The van der Waals surface area contributed by atoms with Crippen LogP contribution in [0.15, 0.2) is 29.3 Å². The van der Waals surface area contributed by atoms with Crippen LogP contribution in [0.5, 0.6) is 0 Å². The number of nitrogens with zero attached hydrogens (tertiary/aromatic N) is 3. The van der Waals surface area contributed by atoms with E-state index in [0.29, 0.717) is 5.92 Å². The molecular weight excluding hydrogens is 423 g/mol. The van der Waals surface area contributed by atoms with Crippen molar-refractivity contribution in [1.29, 1.82) is 0 Å². The fourth-order valence-corrected chi connectivity index (χ4v) is 4.01. The number of nitrogens with one attached hydrogen (secondary N) is 1. The number of halogens is 1. The number of benzene rings is 1. The number of likely N-dealkylation sites (tertiary alicyclic amines) is 2. The molecular formula is C20H33IN4. The minimum atomic E-state index is 0. The molecule has 2 saturated heterocycles. The summed E-state index contributed by atoms with van der Waals surface area (Å²) in [5.41, 5.74) is 2.73. The summed E-state index contributed by atoms with van der Waals surface area (Å²) in [5.74, 6) is 1.55. The van der Waals surface area contributed by atoms with Crippen LogP contribution in [0.2, 0.25) is 0 Å². The van der Waals surface area contributed by atoms with Crippen LogP contribution in [0.25, 0.3) is 0 Å².